The molecule has 3 rings (SSSR count). The Morgan fingerprint density at radius 1 is 1.14 bits per heavy atom. The lowest BCUT2D eigenvalue weighted by Gasteiger charge is -2.13. The van der Waals surface area contributed by atoms with Crippen LogP contribution in [0, 0.1) is 12.7 Å². The second-order valence-corrected chi connectivity index (χ2v) is 6.60. The maximum atomic E-state index is 14.7. The van der Waals surface area contributed by atoms with Crippen LogP contribution in [0.2, 0.25) is 0 Å². The van der Waals surface area contributed by atoms with E-state index in [1.165, 1.54) is 30.3 Å². The highest BCUT2D eigenvalue weighted by molar-refractivity contribution is 5.73. The summed E-state index contributed by atoms with van der Waals surface area (Å²) in [5, 5.41) is 2.94. The van der Waals surface area contributed by atoms with Crippen LogP contribution in [0.1, 0.15) is 12.5 Å². The molecule has 0 bridgehead atoms. The van der Waals surface area contributed by atoms with Crippen molar-refractivity contribution in [3.63, 3.8) is 0 Å². The van der Waals surface area contributed by atoms with Gasteiger partial charge in [0.25, 0.3) is 0 Å². The number of benzene rings is 2. The number of nitrogens with one attached hydrogen (secondary N) is 1. The van der Waals surface area contributed by atoms with Crippen molar-refractivity contribution in [1.29, 1.82) is 0 Å². The summed E-state index contributed by atoms with van der Waals surface area (Å²) in [6, 6.07) is 7.06. The Bertz CT molecular complexity index is 1030. The Morgan fingerprint density at radius 3 is 2.38 bits per heavy atom. The highest BCUT2D eigenvalue weighted by Crippen LogP contribution is 2.44. The second kappa shape index (κ2) is 7.66. The smallest absolute Gasteiger partial charge is 0.395 e. The quantitative estimate of drug-likeness (QED) is 0.438. The van der Waals surface area contributed by atoms with Crippen molar-refractivity contribution in [2.24, 2.45) is 0 Å². The molecule has 1 N–H and O–H groups in total. The third-order valence-electron chi connectivity index (χ3n) is 4.59. The van der Waals surface area contributed by atoms with Crippen molar-refractivity contribution in [3.05, 3.63) is 77.9 Å². The van der Waals surface area contributed by atoms with Gasteiger partial charge in [0.15, 0.2) is 11.5 Å². The summed E-state index contributed by atoms with van der Waals surface area (Å²) in [7, 11) is 0. The molecule has 29 heavy (non-hydrogen) atoms. The number of fused-ring (bicyclic) bond motifs is 1. The Labute approximate surface area is 166 Å². The van der Waals surface area contributed by atoms with Gasteiger partial charge in [-0.2, -0.15) is 0 Å². The predicted molar refractivity (Wildman–Crippen MR) is 104 cm³/mol. The monoisotopic (exact) mass is 405 g/mol. The summed E-state index contributed by atoms with van der Waals surface area (Å²) < 4.78 is 63.7. The molecule has 0 amide bonds. The minimum absolute atomic E-state index is 0.0988. The maximum absolute atomic E-state index is 14.7. The number of ether oxygens (including phenoxy) is 2. The van der Waals surface area contributed by atoms with E-state index >= 15 is 0 Å². The van der Waals surface area contributed by atoms with Crippen molar-refractivity contribution in [2.45, 2.75) is 20.1 Å². The fourth-order valence-electron chi connectivity index (χ4n) is 2.99. The van der Waals surface area contributed by atoms with Crippen molar-refractivity contribution in [3.8, 4) is 22.6 Å². The van der Waals surface area contributed by atoms with Gasteiger partial charge in [-0.25, -0.2) is 8.78 Å². The maximum Gasteiger partial charge on any atom is 0.586 e. The molecule has 7 heteroatoms. The van der Waals surface area contributed by atoms with Crippen molar-refractivity contribution in [2.75, 3.05) is 11.9 Å². The lowest BCUT2D eigenvalue weighted by atomic mass is 9.99. The van der Waals surface area contributed by atoms with E-state index in [1.807, 2.05) is 0 Å². The average molecular weight is 405 g/mol. The highest BCUT2D eigenvalue weighted by atomic mass is 19.3. The van der Waals surface area contributed by atoms with E-state index in [-0.39, 0.29) is 23.6 Å². The zero-order chi connectivity index (χ0) is 21.3. The number of hydrogen-bond acceptors (Lipinski definition) is 3. The van der Waals surface area contributed by atoms with Crippen molar-refractivity contribution in [1.82, 2.24) is 0 Å². The van der Waals surface area contributed by atoms with E-state index in [2.05, 4.69) is 27.9 Å². The van der Waals surface area contributed by atoms with Crippen LogP contribution in [0.5, 0.6) is 11.5 Å². The number of alkyl halides is 2. The van der Waals surface area contributed by atoms with Crippen molar-refractivity contribution < 1.29 is 27.0 Å². The van der Waals surface area contributed by atoms with Gasteiger partial charge in [0.1, 0.15) is 11.6 Å². The highest BCUT2D eigenvalue weighted by Gasteiger charge is 2.43. The van der Waals surface area contributed by atoms with Gasteiger partial charge >= 0.3 is 6.29 Å². The molecule has 1 aliphatic heterocycles. The van der Waals surface area contributed by atoms with Gasteiger partial charge in [-0.15, -0.1) is 8.78 Å². The third kappa shape index (κ3) is 4.29. The SMILES string of the molecule is C=C/C(C)=C(/CNc1ccc(-c2cc3c(cc2C)OC(F)(F)O3)c(F)c1)C(=C)F. The lowest BCUT2D eigenvalue weighted by molar-refractivity contribution is -0.286. The first-order valence-electron chi connectivity index (χ1n) is 8.72. The third-order valence-corrected chi connectivity index (χ3v) is 4.59. The molecule has 0 radical (unpaired) electrons. The first-order valence-corrected chi connectivity index (χ1v) is 8.72. The minimum Gasteiger partial charge on any atom is -0.395 e. The zero-order valence-corrected chi connectivity index (χ0v) is 15.9. The van der Waals surface area contributed by atoms with Gasteiger partial charge in [-0.3, -0.25) is 0 Å². The van der Waals surface area contributed by atoms with Crippen LogP contribution < -0.4 is 14.8 Å². The van der Waals surface area contributed by atoms with Crippen molar-refractivity contribution >= 4 is 5.69 Å². The van der Waals surface area contributed by atoms with Crippen LogP contribution in [-0.4, -0.2) is 12.8 Å². The van der Waals surface area contributed by atoms with E-state index in [4.69, 9.17) is 0 Å². The van der Waals surface area contributed by atoms with Gasteiger partial charge < -0.3 is 14.8 Å². The summed E-state index contributed by atoms with van der Waals surface area (Å²) in [6.45, 7) is 10.4. The molecule has 0 saturated carbocycles. The van der Waals surface area contributed by atoms with E-state index in [9.17, 15) is 17.6 Å². The molecular formula is C22H19F4NO2. The fourth-order valence-corrected chi connectivity index (χ4v) is 2.99. The summed E-state index contributed by atoms with van der Waals surface area (Å²) in [4.78, 5) is 0. The van der Waals surface area contributed by atoms with Gasteiger partial charge in [0.05, 0.1) is 0 Å². The number of halogens is 4. The number of aryl methyl sites for hydroxylation is 1. The first kappa shape index (κ1) is 20.5. The molecule has 0 fully saturated rings. The molecule has 2 aromatic rings. The van der Waals surface area contributed by atoms with Crippen LogP contribution in [0.3, 0.4) is 0 Å². The molecule has 0 aromatic heterocycles. The largest absolute Gasteiger partial charge is 0.586 e. The molecule has 0 atom stereocenters. The van der Waals surface area contributed by atoms with Crippen LogP contribution in [-0.2, 0) is 0 Å². The minimum atomic E-state index is -3.74. The predicted octanol–water partition coefficient (Wildman–Crippen LogP) is 6.52. The fraction of sp³-hybridized carbons (Fsp3) is 0.182. The van der Waals surface area contributed by atoms with E-state index in [0.29, 0.717) is 28.0 Å². The number of hydrogen-bond donors (Lipinski definition) is 1. The summed E-state index contributed by atoms with van der Waals surface area (Å²) in [5.74, 6) is -1.43. The molecule has 1 aliphatic rings. The van der Waals surface area contributed by atoms with Gasteiger partial charge in [-0.05, 0) is 60.9 Å². The van der Waals surface area contributed by atoms with Gasteiger partial charge in [0, 0.05) is 23.4 Å². The van der Waals surface area contributed by atoms with Crippen LogP contribution >= 0.6 is 0 Å². The lowest BCUT2D eigenvalue weighted by Crippen LogP contribution is -2.25. The van der Waals surface area contributed by atoms with Gasteiger partial charge in [-0.1, -0.05) is 19.2 Å². The Balaban J connectivity index is 1.86. The Morgan fingerprint density at radius 2 is 1.79 bits per heavy atom. The van der Waals surface area contributed by atoms with E-state index in [0.717, 1.165) is 0 Å². The standard InChI is InChI=1S/C22H19F4NO2/c1-5-12(2)18(14(4)23)11-27-15-6-7-16(19(24)9-15)17-10-21-20(8-13(17)3)28-22(25,26)29-21/h5-10,27H,1,4,11H2,2-3H3/b18-12-. The van der Waals surface area contributed by atoms with E-state index in [1.54, 1.807) is 19.9 Å². The summed E-state index contributed by atoms with van der Waals surface area (Å²) >= 11 is 0. The summed E-state index contributed by atoms with van der Waals surface area (Å²) in [5.41, 5.74) is 2.53. The molecule has 2 aromatic carbocycles. The number of allylic oxidation sites excluding steroid dienone is 2. The van der Waals surface area contributed by atoms with Crippen LogP contribution in [0.4, 0.5) is 23.2 Å². The molecule has 1 heterocycles. The topological polar surface area (TPSA) is 30.5 Å². The number of rotatable bonds is 6. The molecule has 0 aliphatic carbocycles. The molecule has 0 saturated heterocycles. The van der Waals surface area contributed by atoms with Crippen LogP contribution in [0.25, 0.3) is 11.1 Å². The van der Waals surface area contributed by atoms with E-state index < -0.39 is 17.9 Å². The normalized spacial score (nSPS) is 15.0. The Kier molecular flexibility index (Phi) is 5.42. The van der Waals surface area contributed by atoms with Gasteiger partial charge in [0.2, 0.25) is 0 Å². The first-order chi connectivity index (χ1) is 13.6. The molecule has 0 unspecified atom stereocenters. The molecule has 0 spiro atoms. The van der Waals surface area contributed by atoms with Crippen LogP contribution in [0.15, 0.2) is 66.5 Å². The molecule has 152 valence electrons. The molecular weight excluding hydrogens is 386 g/mol. The zero-order valence-electron chi connectivity index (χ0n) is 15.9. The number of anilines is 1. The molecule has 3 nitrogen and oxygen atoms in total. The Hall–Kier alpha value is -3.22. The summed E-state index contributed by atoms with van der Waals surface area (Å²) in [6.07, 6.45) is -2.23. The average Bonchev–Trinajstić information content (AvgIpc) is 2.93. The second-order valence-electron chi connectivity index (χ2n) is 6.60.